The lowest BCUT2D eigenvalue weighted by molar-refractivity contribution is 0.751. The molecule has 1 aliphatic rings. The predicted octanol–water partition coefficient (Wildman–Crippen LogP) is 1.92. The maximum absolute atomic E-state index is 6.02. The van der Waals surface area contributed by atoms with Crippen molar-refractivity contribution in [3.05, 3.63) is 42.4 Å². The Morgan fingerprint density at radius 3 is 2.74 bits per heavy atom. The molecule has 1 aliphatic heterocycles. The third kappa shape index (κ3) is 2.45. The molecule has 1 aromatic carbocycles. The van der Waals surface area contributed by atoms with Gasteiger partial charge in [0.1, 0.15) is 12.1 Å². The lowest BCUT2D eigenvalue weighted by Gasteiger charge is -2.17. The van der Waals surface area contributed by atoms with Crippen molar-refractivity contribution in [2.75, 3.05) is 18.0 Å². The first-order chi connectivity index (χ1) is 11.3. The first-order valence-electron chi connectivity index (χ1n) is 8.05. The van der Waals surface area contributed by atoms with Crippen molar-refractivity contribution in [3.63, 3.8) is 0 Å². The van der Waals surface area contributed by atoms with Crippen LogP contribution in [-0.2, 0) is 6.42 Å². The Morgan fingerprint density at radius 2 is 2.04 bits per heavy atom. The molecule has 3 aromatic rings. The molecule has 0 radical (unpaired) electrons. The van der Waals surface area contributed by atoms with Gasteiger partial charge < -0.3 is 10.6 Å². The van der Waals surface area contributed by atoms with Gasteiger partial charge in [-0.05, 0) is 30.5 Å². The molecule has 0 spiro atoms. The number of hydrogen-bond acceptors (Lipinski definition) is 5. The molecule has 3 heterocycles. The van der Waals surface area contributed by atoms with Gasteiger partial charge in [-0.15, -0.1) is 0 Å². The summed E-state index contributed by atoms with van der Waals surface area (Å²) in [5.74, 6) is 0.930. The van der Waals surface area contributed by atoms with Gasteiger partial charge in [-0.1, -0.05) is 19.1 Å². The fraction of sp³-hybridized carbons (Fsp3) is 0.353. The molecule has 6 heteroatoms. The molecule has 4 rings (SSSR count). The Hall–Kier alpha value is -2.47. The Morgan fingerprint density at radius 1 is 1.22 bits per heavy atom. The number of nitrogens with two attached hydrogens (primary N) is 1. The molecular formula is C17H20N6. The smallest absolute Gasteiger partial charge is 0.168 e. The monoisotopic (exact) mass is 308 g/mol. The summed E-state index contributed by atoms with van der Waals surface area (Å²) in [5, 5.41) is 5.50. The average molecular weight is 308 g/mol. The highest BCUT2D eigenvalue weighted by molar-refractivity contribution is 5.87. The maximum atomic E-state index is 6.02. The minimum atomic E-state index is 0.219. The summed E-state index contributed by atoms with van der Waals surface area (Å²) in [4.78, 5) is 11.1. The van der Waals surface area contributed by atoms with Crippen molar-refractivity contribution in [1.29, 1.82) is 0 Å². The molecule has 2 N–H and O–H groups in total. The molecule has 0 saturated carbocycles. The first-order valence-corrected chi connectivity index (χ1v) is 8.05. The molecule has 1 saturated heterocycles. The van der Waals surface area contributed by atoms with Crippen LogP contribution >= 0.6 is 0 Å². The summed E-state index contributed by atoms with van der Waals surface area (Å²) < 4.78 is 1.87. The van der Waals surface area contributed by atoms with Crippen molar-refractivity contribution in [3.8, 4) is 5.69 Å². The molecule has 23 heavy (non-hydrogen) atoms. The van der Waals surface area contributed by atoms with Crippen LogP contribution in [0.25, 0.3) is 16.7 Å². The van der Waals surface area contributed by atoms with E-state index < -0.39 is 0 Å². The van der Waals surface area contributed by atoms with Gasteiger partial charge in [-0.3, -0.25) is 0 Å². The number of anilines is 1. The number of fused-ring (bicyclic) bond motifs is 1. The van der Waals surface area contributed by atoms with Crippen LogP contribution < -0.4 is 10.6 Å². The van der Waals surface area contributed by atoms with Crippen LogP contribution in [0.2, 0.25) is 0 Å². The van der Waals surface area contributed by atoms with E-state index in [1.54, 1.807) is 6.33 Å². The number of hydrogen-bond donors (Lipinski definition) is 1. The Balaban J connectivity index is 1.77. The molecule has 2 aromatic heterocycles. The van der Waals surface area contributed by atoms with E-state index in [9.17, 15) is 0 Å². The number of nitrogens with zero attached hydrogens (tertiary/aromatic N) is 5. The molecule has 118 valence electrons. The van der Waals surface area contributed by atoms with Gasteiger partial charge in [0.25, 0.3) is 0 Å². The highest BCUT2D eigenvalue weighted by atomic mass is 15.3. The van der Waals surface area contributed by atoms with Crippen molar-refractivity contribution in [2.45, 2.75) is 25.8 Å². The molecule has 1 fully saturated rings. The van der Waals surface area contributed by atoms with Crippen LogP contribution in [-0.4, -0.2) is 38.9 Å². The quantitative estimate of drug-likeness (QED) is 0.800. The second kappa shape index (κ2) is 5.62. The van der Waals surface area contributed by atoms with Gasteiger partial charge >= 0.3 is 0 Å². The predicted molar refractivity (Wildman–Crippen MR) is 90.8 cm³/mol. The Kier molecular flexibility index (Phi) is 3.46. The highest BCUT2D eigenvalue weighted by Crippen LogP contribution is 2.26. The number of aromatic nitrogens is 4. The van der Waals surface area contributed by atoms with Gasteiger partial charge in [-0.25, -0.2) is 14.6 Å². The van der Waals surface area contributed by atoms with Gasteiger partial charge in [0.05, 0.1) is 17.3 Å². The molecule has 0 bridgehead atoms. The fourth-order valence-electron chi connectivity index (χ4n) is 3.13. The van der Waals surface area contributed by atoms with Crippen LogP contribution in [0.5, 0.6) is 0 Å². The zero-order valence-electron chi connectivity index (χ0n) is 13.2. The summed E-state index contributed by atoms with van der Waals surface area (Å²) in [5.41, 5.74) is 9.18. The van der Waals surface area contributed by atoms with Crippen molar-refractivity contribution in [1.82, 2.24) is 19.7 Å². The largest absolute Gasteiger partial charge is 0.354 e. The highest BCUT2D eigenvalue weighted by Gasteiger charge is 2.23. The number of rotatable bonds is 3. The van der Waals surface area contributed by atoms with E-state index in [1.807, 2.05) is 10.9 Å². The Bertz CT molecular complexity index is 823. The maximum Gasteiger partial charge on any atom is 0.168 e. The second-order valence-corrected chi connectivity index (χ2v) is 6.01. The topological polar surface area (TPSA) is 72.9 Å². The lowest BCUT2D eigenvalue weighted by Crippen LogP contribution is -2.27. The SMILES string of the molecule is CCc1ccc(-n2ncc3c(N4CCC(N)C4)ncnc32)cc1. The lowest BCUT2D eigenvalue weighted by atomic mass is 10.1. The van der Waals surface area contributed by atoms with E-state index in [-0.39, 0.29) is 6.04 Å². The summed E-state index contributed by atoms with van der Waals surface area (Å²) in [6, 6.07) is 8.64. The van der Waals surface area contributed by atoms with Gasteiger partial charge in [-0.2, -0.15) is 5.10 Å². The van der Waals surface area contributed by atoms with Crippen LogP contribution in [0, 0.1) is 0 Å². The fourth-order valence-corrected chi connectivity index (χ4v) is 3.13. The molecule has 1 unspecified atom stereocenters. The van der Waals surface area contributed by atoms with E-state index in [0.717, 1.165) is 48.5 Å². The normalized spacial score (nSPS) is 18.0. The summed E-state index contributed by atoms with van der Waals surface area (Å²) in [7, 11) is 0. The standard InChI is InChI=1S/C17H20N6/c1-2-12-3-5-14(6-4-12)23-17-15(9-21-23)16(19-11-20-17)22-8-7-13(18)10-22/h3-6,9,11,13H,2,7-8,10,18H2,1H3. The summed E-state index contributed by atoms with van der Waals surface area (Å²) >= 11 is 0. The first kappa shape index (κ1) is 14.1. The zero-order chi connectivity index (χ0) is 15.8. The molecule has 6 nitrogen and oxygen atoms in total. The summed E-state index contributed by atoms with van der Waals surface area (Å²) in [6.45, 7) is 3.92. The summed E-state index contributed by atoms with van der Waals surface area (Å²) in [6.07, 6.45) is 5.49. The Labute approximate surface area is 135 Å². The van der Waals surface area contributed by atoms with Gasteiger partial charge in [0.15, 0.2) is 5.65 Å². The molecular weight excluding hydrogens is 288 g/mol. The second-order valence-electron chi connectivity index (χ2n) is 6.01. The van der Waals surface area contributed by atoms with E-state index >= 15 is 0 Å². The minimum absolute atomic E-state index is 0.219. The van der Waals surface area contributed by atoms with E-state index in [1.165, 1.54) is 5.56 Å². The van der Waals surface area contributed by atoms with Crippen LogP contribution in [0.4, 0.5) is 5.82 Å². The number of benzene rings is 1. The van der Waals surface area contributed by atoms with E-state index in [2.05, 4.69) is 51.2 Å². The van der Waals surface area contributed by atoms with Crippen LogP contribution in [0.15, 0.2) is 36.8 Å². The van der Waals surface area contributed by atoms with Gasteiger partial charge in [0.2, 0.25) is 0 Å². The van der Waals surface area contributed by atoms with E-state index in [4.69, 9.17) is 5.73 Å². The molecule has 1 atom stereocenters. The minimum Gasteiger partial charge on any atom is -0.354 e. The molecule has 0 amide bonds. The van der Waals surface area contributed by atoms with Crippen LogP contribution in [0.1, 0.15) is 18.9 Å². The number of aryl methyl sites for hydroxylation is 1. The van der Waals surface area contributed by atoms with Crippen molar-refractivity contribution in [2.24, 2.45) is 5.73 Å². The van der Waals surface area contributed by atoms with Crippen molar-refractivity contribution < 1.29 is 0 Å². The third-order valence-corrected chi connectivity index (χ3v) is 4.46. The van der Waals surface area contributed by atoms with Crippen LogP contribution in [0.3, 0.4) is 0 Å². The molecule has 0 aliphatic carbocycles. The van der Waals surface area contributed by atoms with Crippen molar-refractivity contribution >= 4 is 16.9 Å². The van der Waals surface area contributed by atoms with E-state index in [0.29, 0.717) is 0 Å². The zero-order valence-corrected chi connectivity index (χ0v) is 13.2. The van der Waals surface area contributed by atoms with Gasteiger partial charge in [0, 0.05) is 19.1 Å². The third-order valence-electron chi connectivity index (χ3n) is 4.46. The average Bonchev–Trinajstić information content (AvgIpc) is 3.21.